The first-order chi connectivity index (χ1) is 13.8. The predicted octanol–water partition coefficient (Wildman–Crippen LogP) is 5.34. The van der Waals surface area contributed by atoms with E-state index in [0.717, 1.165) is 18.4 Å². The Morgan fingerprint density at radius 2 is 1.90 bits per heavy atom. The Kier molecular flexibility index (Phi) is 8.04. The molecular formula is C21H25F3N2O3. The number of pyridine rings is 1. The topological polar surface area (TPSA) is 74.6 Å². The Morgan fingerprint density at radius 1 is 1.21 bits per heavy atom. The molecule has 1 heterocycles. The fourth-order valence-corrected chi connectivity index (χ4v) is 2.90. The van der Waals surface area contributed by atoms with Crippen LogP contribution < -0.4 is 10.1 Å². The van der Waals surface area contributed by atoms with Crippen LogP contribution in [-0.2, 0) is 0 Å². The molecule has 1 aromatic heterocycles. The van der Waals surface area contributed by atoms with Gasteiger partial charge in [0.1, 0.15) is 17.7 Å². The average molecular weight is 410 g/mol. The van der Waals surface area contributed by atoms with Gasteiger partial charge in [0, 0.05) is 17.4 Å². The zero-order valence-electron chi connectivity index (χ0n) is 16.3. The molecule has 0 aliphatic carbocycles. The number of hydrogen-bond acceptors (Lipinski definition) is 5. The van der Waals surface area contributed by atoms with Gasteiger partial charge in [-0.3, -0.25) is 0 Å². The molecule has 1 unspecified atom stereocenters. The predicted molar refractivity (Wildman–Crippen MR) is 106 cm³/mol. The number of aliphatic hydroxyl groups excluding tert-OH is 2. The van der Waals surface area contributed by atoms with Crippen molar-refractivity contribution >= 4 is 17.1 Å². The lowest BCUT2D eigenvalue weighted by atomic mass is 9.94. The van der Waals surface area contributed by atoms with Gasteiger partial charge in [-0.2, -0.15) is 0 Å². The first kappa shape index (κ1) is 22.7. The molecule has 158 valence electrons. The molecule has 1 aromatic carbocycles. The van der Waals surface area contributed by atoms with Gasteiger partial charge in [0.25, 0.3) is 0 Å². The number of benzene rings is 1. The second kappa shape index (κ2) is 10.3. The lowest BCUT2D eigenvalue weighted by Crippen LogP contribution is -2.17. The highest BCUT2D eigenvalue weighted by atomic mass is 19.4. The minimum Gasteiger partial charge on any atom is -0.406 e. The van der Waals surface area contributed by atoms with E-state index in [1.165, 1.54) is 30.5 Å². The quantitative estimate of drug-likeness (QED) is 0.520. The number of ether oxygens (including phenoxy) is 1. The SMILES string of the molecule is CCC/C=C(/CC)c1c(C(O)CO)ccnc1Nc1ccc(OC(F)(F)F)cc1. The first-order valence-corrected chi connectivity index (χ1v) is 9.39. The molecule has 1 atom stereocenters. The standard InChI is InChI=1S/C21H25F3N2O3/c1-3-5-6-14(4-2)19-17(18(28)13-27)11-12-25-20(19)26-15-7-9-16(10-8-15)29-21(22,23)24/h6-12,18,27-28H,3-5,13H2,1-2H3,(H,25,26)/b14-6-. The largest absolute Gasteiger partial charge is 0.573 e. The number of nitrogens with one attached hydrogen (secondary N) is 1. The minimum absolute atomic E-state index is 0.322. The monoisotopic (exact) mass is 410 g/mol. The van der Waals surface area contributed by atoms with E-state index >= 15 is 0 Å². The molecule has 0 radical (unpaired) electrons. The van der Waals surface area contributed by atoms with Crippen LogP contribution in [0.3, 0.4) is 0 Å². The normalized spacial score (nSPS) is 13.3. The summed E-state index contributed by atoms with van der Waals surface area (Å²) in [6.45, 7) is 3.60. The maximum atomic E-state index is 12.3. The summed E-state index contributed by atoms with van der Waals surface area (Å²) in [5, 5.41) is 22.8. The molecule has 2 rings (SSSR count). The number of nitrogens with zero attached hydrogens (tertiary/aromatic N) is 1. The Morgan fingerprint density at radius 3 is 2.45 bits per heavy atom. The van der Waals surface area contributed by atoms with Crippen molar-refractivity contribution in [2.75, 3.05) is 11.9 Å². The van der Waals surface area contributed by atoms with Gasteiger partial charge >= 0.3 is 6.36 Å². The number of alkyl halides is 3. The molecule has 3 N–H and O–H groups in total. The van der Waals surface area contributed by atoms with E-state index in [9.17, 15) is 23.4 Å². The molecule has 0 bridgehead atoms. The van der Waals surface area contributed by atoms with Gasteiger partial charge in [0.2, 0.25) is 0 Å². The van der Waals surface area contributed by atoms with Crippen molar-refractivity contribution in [2.24, 2.45) is 0 Å². The number of hydrogen-bond donors (Lipinski definition) is 3. The van der Waals surface area contributed by atoms with Gasteiger partial charge in [0.05, 0.1) is 6.61 Å². The molecule has 0 fully saturated rings. The number of aromatic nitrogens is 1. The third kappa shape index (κ3) is 6.47. The first-order valence-electron chi connectivity index (χ1n) is 9.39. The molecule has 5 nitrogen and oxygen atoms in total. The summed E-state index contributed by atoms with van der Waals surface area (Å²) in [5.74, 6) is 0.126. The van der Waals surface area contributed by atoms with Crippen LogP contribution in [0.15, 0.2) is 42.6 Å². The van der Waals surface area contributed by atoms with Crippen molar-refractivity contribution in [3.63, 3.8) is 0 Å². The highest BCUT2D eigenvalue weighted by Crippen LogP contribution is 2.34. The molecule has 0 aliphatic rings. The maximum absolute atomic E-state index is 12.3. The third-order valence-electron chi connectivity index (χ3n) is 4.25. The van der Waals surface area contributed by atoms with Gasteiger partial charge in [-0.05, 0) is 54.3 Å². The highest BCUT2D eigenvalue weighted by molar-refractivity contribution is 5.79. The summed E-state index contributed by atoms with van der Waals surface area (Å²) in [7, 11) is 0. The van der Waals surface area contributed by atoms with Gasteiger partial charge in [-0.15, -0.1) is 13.2 Å². The second-order valence-corrected chi connectivity index (χ2v) is 6.39. The summed E-state index contributed by atoms with van der Waals surface area (Å²) >= 11 is 0. The van der Waals surface area contributed by atoms with Crippen LogP contribution in [-0.4, -0.2) is 28.2 Å². The van der Waals surface area contributed by atoms with Crippen molar-refractivity contribution in [1.82, 2.24) is 4.98 Å². The fraction of sp³-hybridized carbons (Fsp3) is 0.381. The minimum atomic E-state index is -4.75. The van der Waals surface area contributed by atoms with Gasteiger partial charge in [0.15, 0.2) is 0 Å². The van der Waals surface area contributed by atoms with E-state index in [1.54, 1.807) is 6.07 Å². The second-order valence-electron chi connectivity index (χ2n) is 6.39. The van der Waals surface area contributed by atoms with Crippen LogP contribution in [0.2, 0.25) is 0 Å². The number of allylic oxidation sites excluding steroid dienone is 2. The summed E-state index contributed by atoms with van der Waals surface area (Å²) < 4.78 is 40.9. The molecule has 2 aromatic rings. The van der Waals surface area contributed by atoms with Crippen LogP contribution >= 0.6 is 0 Å². The molecule has 0 saturated carbocycles. The number of rotatable bonds is 9. The van der Waals surface area contributed by atoms with Crippen molar-refractivity contribution < 1.29 is 28.1 Å². The lowest BCUT2D eigenvalue weighted by Gasteiger charge is -2.20. The van der Waals surface area contributed by atoms with Crippen molar-refractivity contribution in [3.8, 4) is 5.75 Å². The van der Waals surface area contributed by atoms with Crippen LogP contribution in [0, 0.1) is 0 Å². The maximum Gasteiger partial charge on any atom is 0.573 e. The fourth-order valence-electron chi connectivity index (χ4n) is 2.90. The Hall–Kier alpha value is -2.58. The van der Waals surface area contributed by atoms with Crippen molar-refractivity contribution in [1.29, 1.82) is 0 Å². The molecular weight excluding hydrogens is 385 g/mol. The Bertz CT molecular complexity index is 821. The summed E-state index contributed by atoms with van der Waals surface area (Å²) in [4.78, 5) is 4.35. The molecule has 8 heteroatoms. The van der Waals surface area contributed by atoms with Crippen LogP contribution in [0.25, 0.3) is 5.57 Å². The number of halogens is 3. The lowest BCUT2D eigenvalue weighted by molar-refractivity contribution is -0.274. The van der Waals surface area contributed by atoms with Crippen LogP contribution in [0.4, 0.5) is 24.7 Å². The van der Waals surface area contributed by atoms with Crippen LogP contribution in [0.1, 0.15) is 50.3 Å². The molecule has 0 aliphatic heterocycles. The van der Waals surface area contributed by atoms with E-state index in [2.05, 4.69) is 28.0 Å². The average Bonchev–Trinajstić information content (AvgIpc) is 2.69. The van der Waals surface area contributed by atoms with E-state index in [-0.39, 0.29) is 5.75 Å². The van der Waals surface area contributed by atoms with E-state index in [0.29, 0.717) is 29.1 Å². The zero-order valence-corrected chi connectivity index (χ0v) is 16.3. The van der Waals surface area contributed by atoms with Gasteiger partial charge in [-0.1, -0.05) is 26.3 Å². The zero-order chi connectivity index (χ0) is 21.4. The Labute approximate surface area is 167 Å². The van der Waals surface area contributed by atoms with Gasteiger partial charge in [-0.25, -0.2) is 4.98 Å². The smallest absolute Gasteiger partial charge is 0.406 e. The number of anilines is 2. The number of aliphatic hydroxyl groups is 2. The molecule has 0 spiro atoms. The third-order valence-corrected chi connectivity index (χ3v) is 4.25. The Balaban J connectivity index is 2.41. The summed E-state index contributed by atoms with van der Waals surface area (Å²) in [5.41, 5.74) is 2.68. The molecule has 0 saturated heterocycles. The number of unbranched alkanes of at least 4 members (excludes halogenated alkanes) is 1. The van der Waals surface area contributed by atoms with Gasteiger partial charge < -0.3 is 20.3 Å². The van der Waals surface area contributed by atoms with E-state index in [4.69, 9.17) is 0 Å². The highest BCUT2D eigenvalue weighted by Gasteiger charge is 2.31. The summed E-state index contributed by atoms with van der Waals surface area (Å²) in [6, 6.07) is 6.95. The molecule has 29 heavy (non-hydrogen) atoms. The summed E-state index contributed by atoms with van der Waals surface area (Å²) in [6.07, 6.45) is 0.223. The van der Waals surface area contributed by atoms with Crippen molar-refractivity contribution in [3.05, 3.63) is 53.7 Å². The molecule has 0 amide bonds. The van der Waals surface area contributed by atoms with Crippen molar-refractivity contribution in [2.45, 2.75) is 45.6 Å². The van der Waals surface area contributed by atoms with E-state index in [1.807, 2.05) is 6.92 Å². The van der Waals surface area contributed by atoms with Crippen LogP contribution in [0.5, 0.6) is 5.75 Å². The van der Waals surface area contributed by atoms with E-state index < -0.39 is 19.1 Å².